The molecule has 0 fully saturated rings. The lowest BCUT2D eigenvalue weighted by Gasteiger charge is -2.26. The number of carbonyl (C=O) groups excluding carboxylic acids is 1. The highest BCUT2D eigenvalue weighted by Crippen LogP contribution is 2.12. The Bertz CT molecular complexity index is 634. The largest absolute Gasteiger partial charge is 0.360 e. The molecule has 0 bridgehead atoms. The van der Waals surface area contributed by atoms with Crippen molar-refractivity contribution in [2.75, 3.05) is 5.32 Å². The van der Waals surface area contributed by atoms with E-state index in [1.165, 1.54) is 0 Å². The molecular weight excluding hydrogens is 272 g/mol. The van der Waals surface area contributed by atoms with Gasteiger partial charge in [0.15, 0.2) is 5.82 Å². The van der Waals surface area contributed by atoms with Crippen LogP contribution in [0.25, 0.3) is 0 Å². The topological polar surface area (TPSA) is 97.9 Å². The first kappa shape index (κ1) is 13.7. The summed E-state index contributed by atoms with van der Waals surface area (Å²) in [7, 11) is 0. The van der Waals surface area contributed by atoms with E-state index in [9.17, 15) is 4.79 Å². The molecule has 0 unspecified atom stereocenters. The van der Waals surface area contributed by atoms with E-state index in [2.05, 4.69) is 25.9 Å². The summed E-state index contributed by atoms with van der Waals surface area (Å²) in [5.74, 6) is 1.97. The van der Waals surface area contributed by atoms with Gasteiger partial charge in [-0.05, 0) is 20.3 Å². The molecule has 0 aromatic carbocycles. The number of amides is 1. The zero-order chi connectivity index (χ0) is 14.8. The molecule has 0 saturated heterocycles. The Balaban J connectivity index is 1.54. The van der Waals surface area contributed by atoms with E-state index in [0.717, 1.165) is 25.2 Å². The lowest BCUT2D eigenvalue weighted by Crippen LogP contribution is -2.47. The molecule has 1 amide bonds. The van der Waals surface area contributed by atoms with Crippen LogP contribution in [0.15, 0.2) is 16.9 Å². The van der Waals surface area contributed by atoms with Crippen LogP contribution in [0.4, 0.5) is 5.82 Å². The third-order valence-electron chi connectivity index (χ3n) is 3.56. The first-order chi connectivity index (χ1) is 10.1. The Morgan fingerprint density at radius 2 is 2.43 bits per heavy atom. The first-order valence-corrected chi connectivity index (χ1v) is 6.99. The number of nitrogens with zero attached hydrogens (tertiary/aromatic N) is 4. The highest BCUT2D eigenvalue weighted by Gasteiger charge is 2.23. The van der Waals surface area contributed by atoms with Gasteiger partial charge in [-0.2, -0.15) is 5.10 Å². The van der Waals surface area contributed by atoms with Crippen LogP contribution in [0.1, 0.15) is 24.9 Å². The van der Waals surface area contributed by atoms with Crippen LogP contribution >= 0.6 is 0 Å². The molecule has 1 aliphatic heterocycles. The quantitative estimate of drug-likeness (QED) is 0.851. The predicted octanol–water partition coefficient (Wildman–Crippen LogP) is 0.506. The molecule has 0 aliphatic carbocycles. The van der Waals surface area contributed by atoms with Gasteiger partial charge in [0, 0.05) is 18.5 Å². The first-order valence-electron chi connectivity index (χ1n) is 6.99. The highest BCUT2D eigenvalue weighted by atomic mass is 16.5. The van der Waals surface area contributed by atoms with Gasteiger partial charge in [-0.15, -0.1) is 0 Å². The van der Waals surface area contributed by atoms with E-state index in [4.69, 9.17) is 4.52 Å². The van der Waals surface area contributed by atoms with Gasteiger partial charge in [-0.1, -0.05) is 5.16 Å². The van der Waals surface area contributed by atoms with Gasteiger partial charge in [0.05, 0.1) is 12.6 Å². The molecule has 0 spiro atoms. The molecule has 0 saturated carbocycles. The third-order valence-corrected chi connectivity index (χ3v) is 3.56. The Morgan fingerprint density at radius 1 is 1.57 bits per heavy atom. The average molecular weight is 290 g/mol. The zero-order valence-electron chi connectivity index (χ0n) is 12.0. The number of aryl methyl sites for hydroxylation is 2. The second kappa shape index (κ2) is 5.65. The fourth-order valence-corrected chi connectivity index (χ4v) is 2.46. The lowest BCUT2D eigenvalue weighted by atomic mass is 10.1. The standard InChI is InChI=1S/C13H18N6O2/c1-8-5-11(18-21-8)17-13(20)9(2)16-10-3-4-12-14-7-15-19(12)6-10/h5,7,9-10,16H,3-4,6H2,1-2H3,(H,17,18,20)/t9-,10-/m0/s1. The van der Waals surface area contributed by atoms with Crippen molar-refractivity contribution in [1.82, 2.24) is 25.2 Å². The summed E-state index contributed by atoms with van der Waals surface area (Å²) >= 11 is 0. The third kappa shape index (κ3) is 3.10. The summed E-state index contributed by atoms with van der Waals surface area (Å²) in [5, 5.41) is 14.0. The van der Waals surface area contributed by atoms with Gasteiger partial charge in [0.1, 0.15) is 17.9 Å². The molecular formula is C13H18N6O2. The summed E-state index contributed by atoms with van der Waals surface area (Å²) < 4.78 is 6.80. The molecule has 1 aliphatic rings. The molecule has 2 atom stereocenters. The van der Waals surface area contributed by atoms with Gasteiger partial charge >= 0.3 is 0 Å². The van der Waals surface area contributed by atoms with E-state index >= 15 is 0 Å². The Morgan fingerprint density at radius 3 is 3.19 bits per heavy atom. The van der Waals surface area contributed by atoms with Crippen LogP contribution in [0.2, 0.25) is 0 Å². The van der Waals surface area contributed by atoms with Gasteiger partial charge in [0.25, 0.3) is 0 Å². The minimum Gasteiger partial charge on any atom is -0.360 e. The van der Waals surface area contributed by atoms with Crippen molar-refractivity contribution in [3.63, 3.8) is 0 Å². The molecule has 2 aromatic heterocycles. The normalized spacial score (nSPS) is 19.0. The molecule has 21 heavy (non-hydrogen) atoms. The van der Waals surface area contributed by atoms with Gasteiger partial charge < -0.3 is 15.2 Å². The molecule has 112 valence electrons. The van der Waals surface area contributed by atoms with Crippen LogP contribution in [0.3, 0.4) is 0 Å². The van der Waals surface area contributed by atoms with E-state index in [1.54, 1.807) is 19.3 Å². The van der Waals surface area contributed by atoms with Crippen molar-refractivity contribution in [1.29, 1.82) is 0 Å². The van der Waals surface area contributed by atoms with Crippen molar-refractivity contribution in [2.45, 2.75) is 45.3 Å². The number of fused-ring (bicyclic) bond motifs is 1. The van der Waals surface area contributed by atoms with Crippen LogP contribution in [-0.4, -0.2) is 37.9 Å². The highest BCUT2D eigenvalue weighted by molar-refractivity contribution is 5.93. The van der Waals surface area contributed by atoms with Crippen molar-refractivity contribution in [3.8, 4) is 0 Å². The number of rotatable bonds is 4. The van der Waals surface area contributed by atoms with Gasteiger partial charge in [0.2, 0.25) is 5.91 Å². The summed E-state index contributed by atoms with van der Waals surface area (Å²) in [5.41, 5.74) is 0. The molecule has 8 heteroatoms. The number of aromatic nitrogens is 4. The minimum atomic E-state index is -0.322. The van der Waals surface area contributed by atoms with Crippen molar-refractivity contribution in [2.24, 2.45) is 0 Å². The molecule has 3 rings (SSSR count). The maximum absolute atomic E-state index is 12.1. The second-order valence-electron chi connectivity index (χ2n) is 5.29. The average Bonchev–Trinajstić information content (AvgIpc) is 3.07. The SMILES string of the molecule is Cc1cc(NC(=O)[C@H](C)N[C@H]2CCc3ncnn3C2)no1. The molecule has 2 N–H and O–H groups in total. The summed E-state index contributed by atoms with van der Waals surface area (Å²) in [4.78, 5) is 16.3. The van der Waals surface area contributed by atoms with Crippen LogP contribution in [0.5, 0.6) is 0 Å². The Labute approximate surface area is 121 Å². The Hall–Kier alpha value is -2.22. The van der Waals surface area contributed by atoms with Gasteiger partial charge in [-0.25, -0.2) is 9.67 Å². The second-order valence-corrected chi connectivity index (χ2v) is 5.29. The molecule has 8 nitrogen and oxygen atoms in total. The maximum atomic E-state index is 12.1. The monoisotopic (exact) mass is 290 g/mol. The van der Waals surface area contributed by atoms with E-state index in [1.807, 2.05) is 11.6 Å². The number of hydrogen-bond acceptors (Lipinski definition) is 6. The Kier molecular flexibility index (Phi) is 3.70. The van der Waals surface area contributed by atoms with Crippen LogP contribution in [0, 0.1) is 6.92 Å². The fraction of sp³-hybridized carbons (Fsp3) is 0.538. The minimum absolute atomic E-state index is 0.132. The summed E-state index contributed by atoms with van der Waals surface area (Å²) in [6, 6.07) is 1.57. The summed E-state index contributed by atoms with van der Waals surface area (Å²) in [6.07, 6.45) is 3.38. The predicted molar refractivity (Wildman–Crippen MR) is 74.6 cm³/mol. The number of anilines is 1. The smallest absolute Gasteiger partial charge is 0.242 e. The van der Waals surface area contributed by atoms with Crippen LogP contribution < -0.4 is 10.6 Å². The lowest BCUT2D eigenvalue weighted by molar-refractivity contribution is -0.118. The van der Waals surface area contributed by atoms with Crippen molar-refractivity contribution in [3.05, 3.63) is 24.0 Å². The maximum Gasteiger partial charge on any atom is 0.242 e. The summed E-state index contributed by atoms with van der Waals surface area (Å²) in [6.45, 7) is 4.34. The van der Waals surface area contributed by atoms with E-state index < -0.39 is 0 Å². The molecule has 0 radical (unpaired) electrons. The van der Waals surface area contributed by atoms with E-state index in [0.29, 0.717) is 11.6 Å². The zero-order valence-corrected chi connectivity index (χ0v) is 12.0. The van der Waals surface area contributed by atoms with E-state index in [-0.39, 0.29) is 18.0 Å². The van der Waals surface area contributed by atoms with Gasteiger partial charge in [-0.3, -0.25) is 4.79 Å². The molecule has 2 aromatic rings. The number of carbonyl (C=O) groups is 1. The fourth-order valence-electron chi connectivity index (χ4n) is 2.46. The number of hydrogen-bond donors (Lipinski definition) is 2. The van der Waals surface area contributed by atoms with Crippen LogP contribution in [-0.2, 0) is 17.8 Å². The van der Waals surface area contributed by atoms with Crippen molar-refractivity contribution < 1.29 is 9.32 Å². The van der Waals surface area contributed by atoms with Crippen molar-refractivity contribution >= 4 is 11.7 Å². The molecule has 3 heterocycles. The number of nitrogens with one attached hydrogen (secondary N) is 2.